The predicted molar refractivity (Wildman–Crippen MR) is 110 cm³/mol. The average molecular weight is 391 g/mol. The summed E-state index contributed by atoms with van der Waals surface area (Å²) < 4.78 is 26.7. The molecule has 0 N–H and O–H groups in total. The van der Waals surface area contributed by atoms with Crippen molar-refractivity contribution in [2.45, 2.75) is 57.9 Å². The Morgan fingerprint density at radius 2 is 1.85 bits per heavy atom. The molecule has 1 aliphatic carbocycles. The highest BCUT2D eigenvalue weighted by molar-refractivity contribution is 7.94. The van der Waals surface area contributed by atoms with Gasteiger partial charge in [0.2, 0.25) is 0 Å². The highest BCUT2D eigenvalue weighted by atomic mass is 32.3. The van der Waals surface area contributed by atoms with E-state index in [9.17, 15) is 8.76 Å². The number of fused-ring (bicyclic) bond motifs is 1. The van der Waals surface area contributed by atoms with Gasteiger partial charge in [-0.05, 0) is 55.7 Å². The molecule has 0 amide bonds. The Morgan fingerprint density at radius 1 is 1.11 bits per heavy atom. The van der Waals surface area contributed by atoms with Crippen molar-refractivity contribution in [2.75, 3.05) is 32.4 Å². The Morgan fingerprint density at radius 3 is 2.59 bits per heavy atom. The molecule has 1 aromatic rings. The van der Waals surface area contributed by atoms with Gasteiger partial charge in [-0.25, -0.2) is 0 Å². The molecular formula is C22H34N2O2S. The van der Waals surface area contributed by atoms with Gasteiger partial charge in [-0.2, -0.15) is 0 Å². The molecule has 2 atom stereocenters. The number of benzene rings is 1. The Bertz CT molecular complexity index is 697. The van der Waals surface area contributed by atoms with Gasteiger partial charge in [0.1, 0.15) is 16.7 Å². The van der Waals surface area contributed by atoms with Crippen molar-refractivity contribution in [3.8, 4) is 0 Å². The number of likely N-dealkylation sites (tertiary alicyclic amines) is 1. The van der Waals surface area contributed by atoms with Gasteiger partial charge < -0.3 is 9.45 Å². The molecule has 2 heterocycles. The molecule has 27 heavy (non-hydrogen) atoms. The summed E-state index contributed by atoms with van der Waals surface area (Å²) in [4.78, 5) is 2.66. The minimum Gasteiger partial charge on any atom is -0.598 e. The quantitative estimate of drug-likeness (QED) is 0.736. The Hall–Kier alpha value is -0.750. The van der Waals surface area contributed by atoms with Crippen molar-refractivity contribution in [3.05, 3.63) is 35.4 Å². The summed E-state index contributed by atoms with van der Waals surface area (Å²) in [7, 11) is -3.20. The summed E-state index contributed by atoms with van der Waals surface area (Å²) >= 11 is 0. The summed E-state index contributed by atoms with van der Waals surface area (Å²) in [6.07, 6.45) is 11.6. The first kappa shape index (κ1) is 19.6. The van der Waals surface area contributed by atoms with E-state index in [4.69, 9.17) is 0 Å². The molecule has 2 aliphatic heterocycles. The number of sulfonamides is 1. The van der Waals surface area contributed by atoms with Gasteiger partial charge in [-0.1, -0.05) is 47.7 Å². The van der Waals surface area contributed by atoms with E-state index < -0.39 is 10.4 Å². The number of hydrogen-bond acceptors (Lipinski definition) is 3. The lowest BCUT2D eigenvalue weighted by atomic mass is 9.74. The number of piperidine rings is 1. The van der Waals surface area contributed by atoms with Crippen LogP contribution in [0.3, 0.4) is 0 Å². The van der Waals surface area contributed by atoms with E-state index in [1.165, 1.54) is 69.0 Å². The van der Waals surface area contributed by atoms with Crippen LogP contribution in [0, 0.1) is 11.3 Å². The van der Waals surface area contributed by atoms with Crippen LogP contribution in [0.5, 0.6) is 0 Å². The molecule has 150 valence electrons. The Balaban J connectivity index is 1.56. The standard InChI is InChI=1S/C22H34N2O2S/c1-27(25,26)24-16-21-11-6-5-10-20(21)14-22(18-24)12-7-13-23(17-22)15-19-8-3-2-4-9-19/h5-6,10-11,19H,2-4,7-9,12-18H2,1H3. The minimum atomic E-state index is -3.20. The van der Waals surface area contributed by atoms with Crippen LogP contribution in [-0.4, -0.2) is 46.2 Å². The maximum Gasteiger partial charge on any atom is 0.122 e. The molecule has 1 spiro atoms. The fraction of sp³-hybridized carbons (Fsp3) is 0.727. The average Bonchev–Trinajstić information content (AvgIpc) is 2.79. The summed E-state index contributed by atoms with van der Waals surface area (Å²) in [5, 5.41) is 0. The van der Waals surface area contributed by atoms with Crippen molar-refractivity contribution in [1.82, 2.24) is 9.21 Å². The Labute approximate surface area is 165 Å². The molecule has 0 aromatic heterocycles. The van der Waals surface area contributed by atoms with Crippen molar-refractivity contribution in [3.63, 3.8) is 0 Å². The van der Waals surface area contributed by atoms with Crippen molar-refractivity contribution < 1.29 is 8.76 Å². The van der Waals surface area contributed by atoms with Gasteiger partial charge >= 0.3 is 0 Å². The van der Waals surface area contributed by atoms with Crippen LogP contribution in [0.2, 0.25) is 0 Å². The molecule has 2 unspecified atom stereocenters. The zero-order chi connectivity index (χ0) is 18.9. The van der Waals surface area contributed by atoms with Crippen LogP contribution in [0.25, 0.3) is 0 Å². The van der Waals surface area contributed by atoms with Crippen LogP contribution in [0.15, 0.2) is 24.3 Å². The molecule has 2 fully saturated rings. The van der Waals surface area contributed by atoms with Crippen LogP contribution in [-0.2, 0) is 27.6 Å². The van der Waals surface area contributed by atoms with Crippen molar-refractivity contribution in [1.29, 1.82) is 0 Å². The second kappa shape index (κ2) is 7.94. The van der Waals surface area contributed by atoms with Crippen molar-refractivity contribution in [2.24, 2.45) is 11.3 Å². The lowest BCUT2D eigenvalue weighted by molar-refractivity contribution is 0.0560. The smallest absolute Gasteiger partial charge is 0.122 e. The third-order valence-corrected chi connectivity index (χ3v) is 8.19. The predicted octanol–water partition coefficient (Wildman–Crippen LogP) is 3.88. The van der Waals surface area contributed by atoms with Crippen molar-refractivity contribution >= 4 is 10.4 Å². The van der Waals surface area contributed by atoms with Gasteiger partial charge in [0.05, 0.1) is 13.1 Å². The summed E-state index contributed by atoms with van der Waals surface area (Å²) in [6.45, 7) is 4.63. The van der Waals surface area contributed by atoms with Crippen LogP contribution in [0.4, 0.5) is 0 Å². The van der Waals surface area contributed by atoms with Crippen LogP contribution >= 0.6 is 0 Å². The van der Waals surface area contributed by atoms with Gasteiger partial charge in [0.25, 0.3) is 0 Å². The third kappa shape index (κ3) is 4.64. The molecule has 1 aromatic carbocycles. The van der Waals surface area contributed by atoms with Gasteiger partial charge in [0.15, 0.2) is 0 Å². The Kier molecular flexibility index (Phi) is 5.75. The van der Waals surface area contributed by atoms with Crippen LogP contribution in [0.1, 0.15) is 56.1 Å². The van der Waals surface area contributed by atoms with Gasteiger partial charge in [-0.3, -0.25) is 0 Å². The molecule has 0 radical (unpaired) electrons. The van der Waals surface area contributed by atoms with Gasteiger partial charge in [-0.15, -0.1) is 4.31 Å². The molecule has 5 heteroatoms. The fourth-order valence-corrected chi connectivity index (χ4v) is 6.55. The maximum absolute atomic E-state index is 12.5. The first-order valence-electron chi connectivity index (χ1n) is 10.7. The first-order valence-corrected chi connectivity index (χ1v) is 12.5. The number of hydrogen-bond donors (Lipinski definition) is 0. The lowest BCUT2D eigenvalue weighted by Crippen LogP contribution is -2.52. The van der Waals surface area contributed by atoms with Gasteiger partial charge in [0, 0.05) is 18.5 Å². The largest absolute Gasteiger partial charge is 0.598 e. The molecule has 4 nitrogen and oxygen atoms in total. The van der Waals surface area contributed by atoms with E-state index in [-0.39, 0.29) is 5.41 Å². The second-order valence-electron chi connectivity index (χ2n) is 9.32. The fourth-order valence-electron chi connectivity index (χ4n) is 5.67. The topological polar surface area (TPSA) is 46.6 Å². The molecule has 3 aliphatic rings. The molecular weight excluding hydrogens is 356 g/mol. The third-order valence-electron chi connectivity index (χ3n) is 6.99. The lowest BCUT2D eigenvalue weighted by Gasteiger charge is -2.45. The summed E-state index contributed by atoms with van der Waals surface area (Å²) in [6, 6.07) is 8.46. The monoisotopic (exact) mass is 390 g/mol. The van der Waals surface area contributed by atoms with Crippen LogP contribution < -0.4 is 0 Å². The molecule has 1 saturated carbocycles. The zero-order valence-electron chi connectivity index (χ0n) is 16.7. The van der Waals surface area contributed by atoms with E-state index in [1.54, 1.807) is 4.31 Å². The van der Waals surface area contributed by atoms with E-state index in [0.717, 1.165) is 25.3 Å². The highest BCUT2D eigenvalue weighted by Gasteiger charge is 2.43. The first-order chi connectivity index (χ1) is 12.9. The molecule has 4 rings (SSSR count). The summed E-state index contributed by atoms with van der Waals surface area (Å²) in [5.41, 5.74) is 2.59. The van der Waals surface area contributed by atoms with E-state index >= 15 is 0 Å². The molecule has 1 saturated heterocycles. The molecule has 0 bridgehead atoms. The van der Waals surface area contributed by atoms with E-state index in [1.807, 2.05) is 6.07 Å². The highest BCUT2D eigenvalue weighted by Crippen LogP contribution is 2.40. The van der Waals surface area contributed by atoms with E-state index in [2.05, 4.69) is 23.1 Å². The second-order valence-corrected chi connectivity index (χ2v) is 11.3. The van der Waals surface area contributed by atoms with E-state index in [0.29, 0.717) is 13.1 Å². The SMILES string of the molecule is C[S+](=O)([O-])N1Cc2ccccc2CC2(CCCN(CC3CCCCC3)C2)C1. The normalized spacial score (nSPS) is 30.6. The number of nitrogens with zero attached hydrogens (tertiary/aromatic N) is 2. The maximum atomic E-state index is 12.5. The number of rotatable bonds is 3. The summed E-state index contributed by atoms with van der Waals surface area (Å²) in [5.74, 6) is 0.845. The minimum absolute atomic E-state index is 0.0581. The zero-order valence-corrected chi connectivity index (χ0v) is 17.5.